The van der Waals surface area contributed by atoms with Gasteiger partial charge in [-0.3, -0.25) is 9.36 Å². The maximum atomic E-state index is 13.2. The van der Waals surface area contributed by atoms with E-state index in [0.29, 0.717) is 24.5 Å². The molecule has 7 nitrogen and oxygen atoms in total. The fourth-order valence-corrected chi connectivity index (χ4v) is 5.87. The number of thiophene rings is 1. The Balaban J connectivity index is 1.80. The third kappa shape index (κ3) is 3.37. The van der Waals surface area contributed by atoms with Crippen molar-refractivity contribution < 1.29 is 9.29 Å². The molecule has 154 valence electrons. The van der Waals surface area contributed by atoms with Gasteiger partial charge in [-0.25, -0.2) is 4.98 Å². The first-order valence-electron chi connectivity index (χ1n) is 9.74. The zero-order valence-electron chi connectivity index (χ0n) is 17.1. The molecule has 2 aliphatic rings. The van der Waals surface area contributed by atoms with Crippen LogP contribution >= 0.6 is 11.3 Å². The Morgan fingerprint density at radius 3 is 2.86 bits per heavy atom. The second-order valence-corrected chi connectivity index (χ2v) is 11.8. The molecule has 1 unspecified atom stereocenters. The molecular formula is C19H28N4O3S2. The van der Waals surface area contributed by atoms with E-state index in [0.717, 1.165) is 34.9 Å². The van der Waals surface area contributed by atoms with E-state index < -0.39 is 11.4 Å². The fraction of sp³-hybridized carbons (Fsp3) is 0.684. The summed E-state index contributed by atoms with van der Waals surface area (Å²) >= 11 is 0.292. The van der Waals surface area contributed by atoms with Gasteiger partial charge >= 0.3 is 0 Å². The lowest BCUT2D eigenvalue weighted by atomic mass is 10.1. The highest BCUT2D eigenvalue weighted by molar-refractivity contribution is 7.90. The van der Waals surface area contributed by atoms with Gasteiger partial charge in [0.2, 0.25) is 5.95 Å². The molecule has 0 bridgehead atoms. The molecule has 3 atom stereocenters. The lowest BCUT2D eigenvalue weighted by Gasteiger charge is -2.40. The summed E-state index contributed by atoms with van der Waals surface area (Å²) in [7, 11) is 0. The van der Waals surface area contributed by atoms with Gasteiger partial charge in [0.1, 0.15) is 9.45 Å². The molecule has 1 saturated heterocycles. The molecule has 2 aromatic heterocycles. The largest absolute Gasteiger partial charge is 0.598 e. The van der Waals surface area contributed by atoms with Crippen LogP contribution in [0.5, 0.6) is 0 Å². The molecule has 0 radical (unpaired) electrons. The second kappa shape index (κ2) is 7.28. The van der Waals surface area contributed by atoms with E-state index in [4.69, 9.17) is 9.72 Å². The average Bonchev–Trinajstić information content (AvgIpc) is 2.97. The normalized spacial score (nSPS) is 22.1. The molecule has 4 heterocycles. The molecule has 1 fully saturated rings. The molecule has 4 rings (SSSR count). The van der Waals surface area contributed by atoms with Crippen LogP contribution in [0.3, 0.4) is 0 Å². The number of aryl methyl sites for hydroxylation is 1. The Hall–Kier alpha value is -1.13. The van der Waals surface area contributed by atoms with E-state index in [1.54, 1.807) is 0 Å². The zero-order chi connectivity index (χ0) is 20.2. The highest BCUT2D eigenvalue weighted by atomic mass is 32.2. The number of ether oxygens (including phenoxy) is 1. The van der Waals surface area contributed by atoms with Crippen molar-refractivity contribution in [1.82, 2.24) is 14.3 Å². The first-order chi connectivity index (χ1) is 13.2. The van der Waals surface area contributed by atoms with Crippen molar-refractivity contribution in [2.75, 3.05) is 24.7 Å². The van der Waals surface area contributed by atoms with Crippen LogP contribution in [0, 0.1) is 6.92 Å². The molecule has 2 aliphatic heterocycles. The lowest BCUT2D eigenvalue weighted by molar-refractivity contribution is 0.0844. The molecule has 0 spiro atoms. The third-order valence-corrected chi connectivity index (χ3v) is 8.22. The predicted molar refractivity (Wildman–Crippen MR) is 115 cm³/mol. The highest BCUT2D eigenvalue weighted by Gasteiger charge is 2.34. The molecule has 0 aromatic carbocycles. The van der Waals surface area contributed by atoms with Gasteiger partial charge < -0.3 is 14.2 Å². The minimum Gasteiger partial charge on any atom is -0.598 e. The van der Waals surface area contributed by atoms with Gasteiger partial charge in [0.15, 0.2) is 0 Å². The Bertz CT molecular complexity index is 949. The summed E-state index contributed by atoms with van der Waals surface area (Å²) in [5, 5.41) is 0. The molecule has 28 heavy (non-hydrogen) atoms. The summed E-state index contributed by atoms with van der Waals surface area (Å²) in [6.07, 6.45) is 0.903. The molecule has 0 amide bonds. The summed E-state index contributed by atoms with van der Waals surface area (Å²) < 4.78 is 23.6. The maximum absolute atomic E-state index is 13.2. The van der Waals surface area contributed by atoms with Crippen LogP contribution in [0.1, 0.15) is 50.6 Å². The summed E-state index contributed by atoms with van der Waals surface area (Å²) in [5.74, 6) is 0.750. The topological polar surface area (TPSA) is 82.5 Å². The monoisotopic (exact) mass is 424 g/mol. The molecule has 0 aliphatic carbocycles. The number of fused-ring (bicyclic) bond motifs is 4. The van der Waals surface area contributed by atoms with Crippen LogP contribution in [-0.2, 0) is 22.6 Å². The highest BCUT2D eigenvalue weighted by Crippen LogP contribution is 2.35. The molecule has 0 saturated carbocycles. The standard InChI is InChI=1S/C19H28N4O3S2/c1-11(21-28(25)19(3,4)5)14-12(2)27-16-15(14)20-18-22-8-9-26-10-13(22)6-7-23(18)17(16)24/h11,13,21H,6-10H2,1-5H3/t11-,13-,28?/m0/s1. The molecule has 2 aromatic rings. The van der Waals surface area contributed by atoms with E-state index in [1.807, 2.05) is 39.2 Å². The van der Waals surface area contributed by atoms with Gasteiger partial charge in [0.05, 0.1) is 30.8 Å². The second-order valence-electron chi connectivity index (χ2n) is 8.55. The molecule has 1 N–H and O–H groups in total. The van der Waals surface area contributed by atoms with Crippen molar-refractivity contribution in [3.05, 3.63) is 20.8 Å². The van der Waals surface area contributed by atoms with Crippen molar-refractivity contribution in [1.29, 1.82) is 0 Å². The summed E-state index contributed by atoms with van der Waals surface area (Å²) in [5.41, 5.74) is 1.76. The Morgan fingerprint density at radius 2 is 2.14 bits per heavy atom. The summed E-state index contributed by atoms with van der Waals surface area (Å²) in [4.78, 5) is 21.5. The van der Waals surface area contributed by atoms with Crippen LogP contribution < -0.4 is 15.2 Å². The molecular weight excluding hydrogens is 396 g/mol. The van der Waals surface area contributed by atoms with Crippen LogP contribution in [0.2, 0.25) is 0 Å². The van der Waals surface area contributed by atoms with Crippen molar-refractivity contribution >= 4 is 38.9 Å². The number of nitrogens with zero attached hydrogens (tertiary/aromatic N) is 3. The maximum Gasteiger partial charge on any atom is 0.272 e. The van der Waals surface area contributed by atoms with Gasteiger partial charge in [-0.05, 0) is 41.0 Å². The van der Waals surface area contributed by atoms with E-state index in [-0.39, 0.29) is 22.4 Å². The number of hydrogen-bond donors (Lipinski definition) is 1. The van der Waals surface area contributed by atoms with Crippen molar-refractivity contribution in [3.8, 4) is 0 Å². The Labute approximate surface area is 172 Å². The van der Waals surface area contributed by atoms with E-state index in [2.05, 4.69) is 9.62 Å². The summed E-state index contributed by atoms with van der Waals surface area (Å²) in [6.45, 7) is 12.6. The Kier molecular flexibility index (Phi) is 5.24. The predicted octanol–water partition coefficient (Wildman–Crippen LogP) is 2.49. The van der Waals surface area contributed by atoms with Crippen LogP contribution in [0.25, 0.3) is 10.2 Å². The smallest absolute Gasteiger partial charge is 0.272 e. The van der Waals surface area contributed by atoms with Crippen molar-refractivity contribution in [3.63, 3.8) is 0 Å². The fourth-order valence-electron chi connectivity index (χ4n) is 3.94. The van der Waals surface area contributed by atoms with Gasteiger partial charge in [-0.2, -0.15) is 0 Å². The van der Waals surface area contributed by atoms with Gasteiger partial charge in [-0.1, -0.05) is 0 Å². The minimum absolute atomic E-state index is 0.0356. The van der Waals surface area contributed by atoms with E-state index in [1.165, 1.54) is 11.3 Å². The van der Waals surface area contributed by atoms with Crippen LogP contribution in [0.4, 0.5) is 5.95 Å². The molecule has 9 heteroatoms. The van der Waals surface area contributed by atoms with Gasteiger partial charge in [0.25, 0.3) is 5.56 Å². The number of aromatic nitrogens is 2. The third-order valence-electron chi connectivity index (χ3n) is 5.44. The number of rotatable bonds is 3. The van der Waals surface area contributed by atoms with E-state index in [9.17, 15) is 9.35 Å². The van der Waals surface area contributed by atoms with Crippen molar-refractivity contribution in [2.45, 2.75) is 64.4 Å². The first kappa shape index (κ1) is 20.2. The SMILES string of the molecule is Cc1sc2c(=O)n3c(nc2c1[C@H](C)N[S+]([O-])C(C)(C)C)N1CCOC[C@@H]1CC3. The summed E-state index contributed by atoms with van der Waals surface area (Å²) in [6, 6.07) is 0.123. The number of morpholine rings is 1. The number of anilines is 1. The van der Waals surface area contributed by atoms with Crippen LogP contribution in [0.15, 0.2) is 4.79 Å². The van der Waals surface area contributed by atoms with Crippen LogP contribution in [-0.4, -0.2) is 44.7 Å². The lowest BCUT2D eigenvalue weighted by Crippen LogP contribution is -2.51. The minimum atomic E-state index is -1.20. The van der Waals surface area contributed by atoms with Crippen molar-refractivity contribution in [2.24, 2.45) is 0 Å². The Morgan fingerprint density at radius 1 is 1.39 bits per heavy atom. The van der Waals surface area contributed by atoms with E-state index >= 15 is 0 Å². The zero-order valence-corrected chi connectivity index (χ0v) is 18.7. The first-order valence-corrected chi connectivity index (χ1v) is 11.7. The quantitative estimate of drug-likeness (QED) is 0.763. The average molecular weight is 425 g/mol. The van der Waals surface area contributed by atoms with Gasteiger partial charge in [-0.15, -0.1) is 16.1 Å². The van der Waals surface area contributed by atoms with Gasteiger partial charge in [0, 0.05) is 34.9 Å². The number of hydrogen-bond acceptors (Lipinski definition) is 7. The number of nitrogens with one attached hydrogen (secondary N) is 1.